The minimum absolute atomic E-state index is 0. The molecule has 0 aliphatic heterocycles. The van der Waals surface area contributed by atoms with Crippen LogP contribution in [0.1, 0.15) is 66.9 Å². The van der Waals surface area contributed by atoms with Crippen LogP contribution in [-0.2, 0) is 24.9 Å². The SMILES string of the molecule is CC(C)(C)C(=O)/C=C(\O)C(C)(C)C.CC(C)c1cc(-c2nccc3c2sc2c(F)cccc23)[c-]c2ccc3ccccc3c12.[Ir]. The Morgan fingerprint density at radius 2 is 1.56 bits per heavy atom. The Hall–Kier alpha value is -3.44. The summed E-state index contributed by atoms with van der Waals surface area (Å²) in [6.45, 7) is 15.6. The second-order valence-corrected chi connectivity index (χ2v) is 14.7. The monoisotopic (exact) mass is 797 g/mol. The molecular formula is C39H39FIrNO2S-. The number of allylic oxidation sites excluding steroid dienone is 2. The molecule has 6 aromatic rings. The number of thiophene rings is 1. The van der Waals surface area contributed by atoms with Gasteiger partial charge in [-0.1, -0.05) is 109 Å². The van der Waals surface area contributed by atoms with Crippen molar-refractivity contribution in [2.75, 3.05) is 0 Å². The summed E-state index contributed by atoms with van der Waals surface area (Å²) < 4.78 is 16.2. The molecule has 235 valence electrons. The van der Waals surface area contributed by atoms with E-state index in [1.807, 2.05) is 59.9 Å². The van der Waals surface area contributed by atoms with Crippen LogP contribution in [-0.4, -0.2) is 15.9 Å². The zero-order chi connectivity index (χ0) is 32.0. The average Bonchev–Trinajstić information content (AvgIpc) is 3.36. The number of pyridine rings is 1. The first kappa shape index (κ1) is 34.4. The summed E-state index contributed by atoms with van der Waals surface area (Å²) in [6.07, 6.45) is 3.15. The summed E-state index contributed by atoms with van der Waals surface area (Å²) in [4.78, 5) is 16.2. The molecule has 0 aliphatic rings. The Morgan fingerprint density at radius 1 is 0.889 bits per heavy atom. The summed E-state index contributed by atoms with van der Waals surface area (Å²) in [5, 5.41) is 16.4. The molecule has 4 aromatic carbocycles. The maximum Gasteiger partial charge on any atom is 0.164 e. The number of ketones is 1. The Balaban J connectivity index is 0.000000283. The van der Waals surface area contributed by atoms with Gasteiger partial charge in [0.15, 0.2) is 5.78 Å². The number of hydrogen-bond acceptors (Lipinski definition) is 4. The van der Waals surface area contributed by atoms with Crippen molar-refractivity contribution >= 4 is 58.8 Å². The van der Waals surface area contributed by atoms with Crippen molar-refractivity contribution in [3.63, 3.8) is 0 Å². The van der Waals surface area contributed by atoms with E-state index in [1.165, 1.54) is 45.2 Å². The van der Waals surface area contributed by atoms with E-state index in [4.69, 9.17) is 4.98 Å². The van der Waals surface area contributed by atoms with Gasteiger partial charge in [-0.2, -0.15) is 0 Å². The molecule has 0 unspecified atom stereocenters. The topological polar surface area (TPSA) is 50.2 Å². The molecule has 0 saturated carbocycles. The number of nitrogens with zero attached hydrogens (tertiary/aromatic N) is 1. The van der Waals surface area contributed by atoms with Gasteiger partial charge in [-0.05, 0) is 34.2 Å². The Kier molecular flexibility index (Phi) is 10.0. The standard InChI is InChI=1S/C28H19FNS.C11H20O2.Ir/c1-16(2)23-15-19(14-18-11-10-17-6-3-4-7-20(17)25(18)23)26-28-22(12-13-30-26)21-8-5-9-24(29)27(21)31-28;1-10(2,3)8(12)7-9(13)11(4,5)6;/h3-13,15-16H,1-2H3;7,12H,1-6H3;/q-1;;/b;8-7-;. The van der Waals surface area contributed by atoms with Crippen LogP contribution in [0.5, 0.6) is 0 Å². The van der Waals surface area contributed by atoms with Crippen LogP contribution in [0.2, 0.25) is 0 Å². The summed E-state index contributed by atoms with van der Waals surface area (Å²) in [5.41, 5.74) is 2.35. The molecule has 0 fully saturated rings. The third-order valence-corrected chi connectivity index (χ3v) is 9.04. The normalized spacial score (nSPS) is 12.4. The average molecular weight is 797 g/mol. The molecule has 0 bridgehead atoms. The van der Waals surface area contributed by atoms with Crippen molar-refractivity contribution < 1.29 is 34.4 Å². The van der Waals surface area contributed by atoms with Crippen LogP contribution < -0.4 is 0 Å². The third kappa shape index (κ3) is 7.04. The molecule has 0 spiro atoms. The van der Waals surface area contributed by atoms with Crippen LogP contribution in [0.4, 0.5) is 4.39 Å². The predicted octanol–water partition coefficient (Wildman–Crippen LogP) is 11.6. The van der Waals surface area contributed by atoms with Crippen molar-refractivity contribution in [2.45, 2.75) is 61.3 Å². The van der Waals surface area contributed by atoms with Crippen molar-refractivity contribution in [1.82, 2.24) is 4.98 Å². The van der Waals surface area contributed by atoms with Crippen molar-refractivity contribution in [3.05, 3.63) is 102 Å². The summed E-state index contributed by atoms with van der Waals surface area (Å²) >= 11 is 1.47. The minimum atomic E-state index is -0.417. The molecule has 2 heterocycles. The second-order valence-electron chi connectivity index (χ2n) is 13.7. The van der Waals surface area contributed by atoms with Gasteiger partial charge >= 0.3 is 0 Å². The van der Waals surface area contributed by atoms with E-state index in [1.54, 1.807) is 6.07 Å². The maximum absolute atomic E-state index is 14.5. The summed E-state index contributed by atoms with van der Waals surface area (Å²) in [7, 11) is 0. The van der Waals surface area contributed by atoms with Gasteiger partial charge in [0.1, 0.15) is 11.6 Å². The number of halogens is 1. The van der Waals surface area contributed by atoms with Crippen LogP contribution in [0.25, 0.3) is 53.0 Å². The minimum Gasteiger partial charge on any atom is -0.512 e. The second kappa shape index (κ2) is 13.1. The van der Waals surface area contributed by atoms with Crippen LogP contribution >= 0.6 is 11.3 Å². The fourth-order valence-corrected chi connectivity index (χ4v) is 6.32. The molecule has 3 nitrogen and oxygen atoms in total. The zero-order valence-electron chi connectivity index (χ0n) is 27.0. The van der Waals surface area contributed by atoms with Gasteiger partial charge in [0.2, 0.25) is 0 Å². The van der Waals surface area contributed by atoms with Gasteiger partial charge in [0.25, 0.3) is 0 Å². The van der Waals surface area contributed by atoms with E-state index in [9.17, 15) is 14.3 Å². The Labute approximate surface area is 282 Å². The molecule has 6 rings (SSSR count). The van der Waals surface area contributed by atoms with Crippen LogP contribution in [0.15, 0.2) is 84.8 Å². The molecule has 0 atom stereocenters. The number of rotatable bonds is 3. The number of hydrogen-bond donors (Lipinski definition) is 1. The van der Waals surface area contributed by atoms with E-state index in [-0.39, 0.29) is 42.9 Å². The van der Waals surface area contributed by atoms with Gasteiger partial charge in [-0.15, -0.1) is 40.5 Å². The molecule has 2 aromatic heterocycles. The number of aliphatic hydroxyl groups excluding tert-OH is 1. The molecule has 1 radical (unpaired) electrons. The smallest absolute Gasteiger partial charge is 0.164 e. The van der Waals surface area contributed by atoms with Gasteiger partial charge in [0, 0.05) is 59.0 Å². The van der Waals surface area contributed by atoms with E-state index in [0.29, 0.717) is 10.6 Å². The first-order chi connectivity index (χ1) is 20.7. The molecule has 45 heavy (non-hydrogen) atoms. The number of carbonyl (C=O) groups is 1. The molecule has 6 heteroatoms. The van der Waals surface area contributed by atoms with E-state index < -0.39 is 5.41 Å². The van der Waals surface area contributed by atoms with E-state index >= 15 is 0 Å². The van der Waals surface area contributed by atoms with E-state index in [0.717, 1.165) is 32.1 Å². The predicted molar refractivity (Wildman–Crippen MR) is 185 cm³/mol. The number of benzene rings is 4. The third-order valence-electron chi connectivity index (χ3n) is 7.81. The van der Waals surface area contributed by atoms with Crippen molar-refractivity contribution in [3.8, 4) is 11.3 Å². The van der Waals surface area contributed by atoms with Crippen LogP contribution in [0, 0.1) is 22.7 Å². The van der Waals surface area contributed by atoms with Crippen molar-refractivity contribution in [1.29, 1.82) is 0 Å². The first-order valence-electron chi connectivity index (χ1n) is 15.0. The van der Waals surface area contributed by atoms with Gasteiger partial charge < -0.3 is 5.11 Å². The summed E-state index contributed by atoms with van der Waals surface area (Å²) in [6, 6.07) is 25.9. The zero-order valence-corrected chi connectivity index (χ0v) is 30.2. The van der Waals surface area contributed by atoms with E-state index in [2.05, 4.69) is 62.4 Å². The number of fused-ring (bicyclic) bond motifs is 6. The molecule has 0 aliphatic carbocycles. The van der Waals surface area contributed by atoms with Crippen molar-refractivity contribution in [2.24, 2.45) is 10.8 Å². The molecule has 0 amide bonds. The van der Waals surface area contributed by atoms with Crippen LogP contribution in [0.3, 0.4) is 0 Å². The fraction of sp³-hybridized carbons (Fsp3) is 0.282. The number of carbonyl (C=O) groups excluding carboxylic acids is 1. The van der Waals surface area contributed by atoms with Gasteiger partial charge in [-0.25, -0.2) is 4.39 Å². The maximum atomic E-state index is 14.5. The Bertz CT molecular complexity index is 2060. The molecular weight excluding hydrogens is 758 g/mol. The molecule has 1 N–H and O–H groups in total. The van der Waals surface area contributed by atoms with Gasteiger partial charge in [0.05, 0.1) is 4.70 Å². The first-order valence-corrected chi connectivity index (χ1v) is 15.8. The number of aliphatic hydroxyl groups is 1. The quantitative estimate of drug-likeness (QED) is 0.0840. The molecule has 0 saturated heterocycles. The van der Waals surface area contributed by atoms with Gasteiger partial charge in [-0.3, -0.25) is 9.78 Å². The Morgan fingerprint density at radius 3 is 2.22 bits per heavy atom. The fourth-order valence-electron chi connectivity index (χ4n) is 5.12. The summed E-state index contributed by atoms with van der Waals surface area (Å²) in [5.74, 6) is 0.273. The number of aromatic nitrogens is 1. The largest absolute Gasteiger partial charge is 0.512 e.